The third-order valence-corrected chi connectivity index (χ3v) is 6.94. The Bertz CT molecular complexity index is 1180. The molecule has 166 valence electrons. The van der Waals surface area contributed by atoms with Crippen LogP contribution in [0.15, 0.2) is 42.5 Å². The zero-order chi connectivity index (χ0) is 22.5. The number of thiazole rings is 1. The second-order valence-corrected chi connectivity index (χ2v) is 10.3. The maximum atomic E-state index is 12.6. The van der Waals surface area contributed by atoms with Crippen LogP contribution in [0.25, 0.3) is 11.1 Å². The summed E-state index contributed by atoms with van der Waals surface area (Å²) in [5, 5.41) is 3.93. The van der Waals surface area contributed by atoms with Gasteiger partial charge in [-0.15, -0.1) is 0 Å². The molecule has 3 aromatic rings. The summed E-state index contributed by atoms with van der Waals surface area (Å²) in [6.45, 7) is 6.24. The van der Waals surface area contributed by atoms with Crippen molar-refractivity contribution in [3.8, 4) is 16.9 Å². The number of hydrogen-bond acceptors (Lipinski definition) is 6. The van der Waals surface area contributed by atoms with Crippen LogP contribution < -0.4 is 15.0 Å². The molecule has 5 rings (SSSR count). The first-order valence-corrected chi connectivity index (χ1v) is 11.7. The average Bonchev–Trinajstić information content (AvgIpc) is 3.16. The minimum Gasteiger partial charge on any atom is -0.490 e. The number of nitrogens with one attached hydrogen (secondary N) is 1. The molecule has 0 spiro atoms. The van der Waals surface area contributed by atoms with Gasteiger partial charge in [-0.1, -0.05) is 41.7 Å². The number of hydrogen-bond donors (Lipinski definition) is 1. The molecule has 6 nitrogen and oxygen atoms in total. The van der Waals surface area contributed by atoms with Crippen molar-refractivity contribution in [2.45, 2.75) is 32.4 Å². The normalized spacial score (nSPS) is 16.9. The predicted octanol–water partition coefficient (Wildman–Crippen LogP) is 4.47. The first kappa shape index (κ1) is 21.0. The molecule has 32 heavy (non-hydrogen) atoms. The maximum Gasteiger partial charge on any atom is 0.263 e. The zero-order valence-electron chi connectivity index (χ0n) is 18.9. The van der Waals surface area contributed by atoms with Gasteiger partial charge in [-0.2, -0.15) is 0 Å². The van der Waals surface area contributed by atoms with E-state index < -0.39 is 0 Å². The van der Waals surface area contributed by atoms with Crippen LogP contribution in [0, 0.1) is 0 Å². The summed E-state index contributed by atoms with van der Waals surface area (Å²) in [6.07, 6.45) is 0.739. The number of fused-ring (bicyclic) bond motifs is 2. The zero-order valence-corrected chi connectivity index (χ0v) is 19.8. The van der Waals surface area contributed by atoms with Gasteiger partial charge < -0.3 is 19.9 Å². The Morgan fingerprint density at radius 2 is 2.03 bits per heavy atom. The van der Waals surface area contributed by atoms with Crippen molar-refractivity contribution in [1.29, 1.82) is 0 Å². The molecular weight excluding hydrogens is 420 g/mol. The largest absolute Gasteiger partial charge is 0.490 e. The monoisotopic (exact) mass is 448 g/mol. The van der Waals surface area contributed by atoms with E-state index in [1.165, 1.54) is 22.5 Å². The summed E-state index contributed by atoms with van der Waals surface area (Å²) in [6, 6.07) is 14.9. The van der Waals surface area contributed by atoms with Gasteiger partial charge in [0.05, 0.1) is 17.9 Å². The van der Waals surface area contributed by atoms with Gasteiger partial charge in [0.2, 0.25) is 0 Å². The van der Waals surface area contributed by atoms with E-state index in [-0.39, 0.29) is 11.4 Å². The molecule has 0 fully saturated rings. The van der Waals surface area contributed by atoms with Crippen LogP contribution >= 0.6 is 11.3 Å². The van der Waals surface area contributed by atoms with E-state index in [4.69, 9.17) is 9.72 Å². The quantitative estimate of drug-likeness (QED) is 0.638. The van der Waals surface area contributed by atoms with Gasteiger partial charge in [-0.05, 0) is 56.8 Å². The van der Waals surface area contributed by atoms with Crippen LogP contribution in [-0.2, 0) is 13.0 Å². The van der Waals surface area contributed by atoms with E-state index in [2.05, 4.69) is 71.7 Å². The number of amides is 1. The van der Waals surface area contributed by atoms with Crippen LogP contribution in [0.1, 0.15) is 34.8 Å². The molecule has 1 amide bonds. The third-order valence-electron chi connectivity index (χ3n) is 5.82. The highest BCUT2D eigenvalue weighted by molar-refractivity contribution is 7.17. The molecule has 0 bridgehead atoms. The number of benzene rings is 2. The van der Waals surface area contributed by atoms with E-state index in [1.807, 2.05) is 13.8 Å². The van der Waals surface area contributed by atoms with Crippen molar-refractivity contribution in [2.75, 3.05) is 32.1 Å². The SMILES string of the molecule is CN(C)Cc1ccccc1-c1ccc2c(c1)OCCN2c1nc2c(s1)C(=O)NC(C)(C)C2. The molecule has 2 aliphatic heterocycles. The lowest BCUT2D eigenvalue weighted by Gasteiger charge is -2.30. The van der Waals surface area contributed by atoms with Crippen LogP contribution in [0.4, 0.5) is 10.8 Å². The molecule has 0 saturated carbocycles. The molecule has 0 saturated heterocycles. The minimum absolute atomic E-state index is 0.0265. The van der Waals surface area contributed by atoms with E-state index in [1.54, 1.807) is 0 Å². The molecule has 3 heterocycles. The van der Waals surface area contributed by atoms with Crippen molar-refractivity contribution < 1.29 is 9.53 Å². The molecule has 1 N–H and O–H groups in total. The molecule has 2 aromatic carbocycles. The number of carbonyl (C=O) groups is 1. The Morgan fingerprint density at radius 3 is 2.84 bits per heavy atom. The van der Waals surface area contributed by atoms with Gasteiger partial charge in [0.1, 0.15) is 17.2 Å². The van der Waals surface area contributed by atoms with Gasteiger partial charge in [-0.25, -0.2) is 4.98 Å². The van der Waals surface area contributed by atoms with Gasteiger partial charge in [0.25, 0.3) is 5.91 Å². The Balaban J connectivity index is 1.50. The fourth-order valence-electron chi connectivity index (χ4n) is 4.45. The highest BCUT2D eigenvalue weighted by atomic mass is 32.1. The number of aromatic nitrogens is 1. The second kappa shape index (κ2) is 7.90. The highest BCUT2D eigenvalue weighted by Crippen LogP contribution is 2.42. The Kier molecular flexibility index (Phi) is 5.18. The van der Waals surface area contributed by atoms with Crippen LogP contribution in [0.5, 0.6) is 5.75 Å². The lowest BCUT2D eigenvalue weighted by atomic mass is 9.94. The van der Waals surface area contributed by atoms with E-state index in [0.717, 1.165) is 45.7 Å². The Labute approximate surface area is 192 Å². The van der Waals surface area contributed by atoms with Crippen molar-refractivity contribution >= 4 is 28.1 Å². The van der Waals surface area contributed by atoms with Gasteiger partial charge in [-0.3, -0.25) is 4.79 Å². The first-order chi connectivity index (χ1) is 15.3. The molecule has 0 radical (unpaired) electrons. The summed E-state index contributed by atoms with van der Waals surface area (Å²) in [5.41, 5.74) is 5.26. The smallest absolute Gasteiger partial charge is 0.263 e. The highest BCUT2D eigenvalue weighted by Gasteiger charge is 2.34. The molecule has 1 aromatic heterocycles. The molecule has 0 unspecified atom stereocenters. The summed E-state index contributed by atoms with van der Waals surface area (Å²) in [5.74, 6) is 0.827. The lowest BCUT2D eigenvalue weighted by molar-refractivity contribution is 0.0901. The fourth-order valence-corrected chi connectivity index (χ4v) is 5.46. The fraction of sp³-hybridized carbons (Fsp3) is 0.360. The molecule has 2 aliphatic rings. The second-order valence-electron chi connectivity index (χ2n) is 9.36. The van der Waals surface area contributed by atoms with Crippen molar-refractivity contribution in [1.82, 2.24) is 15.2 Å². The van der Waals surface area contributed by atoms with Gasteiger partial charge >= 0.3 is 0 Å². The molecular formula is C25H28N4O2S. The predicted molar refractivity (Wildman–Crippen MR) is 129 cm³/mol. The first-order valence-electron chi connectivity index (χ1n) is 10.9. The molecule has 0 aliphatic carbocycles. The van der Waals surface area contributed by atoms with Crippen molar-refractivity contribution in [3.63, 3.8) is 0 Å². The topological polar surface area (TPSA) is 57.7 Å². The maximum absolute atomic E-state index is 12.6. The number of nitrogens with zero attached hydrogens (tertiary/aromatic N) is 3. The van der Waals surface area contributed by atoms with Crippen molar-refractivity contribution in [2.24, 2.45) is 0 Å². The van der Waals surface area contributed by atoms with E-state index in [0.29, 0.717) is 13.2 Å². The lowest BCUT2D eigenvalue weighted by Crippen LogP contribution is -2.48. The molecule has 7 heteroatoms. The van der Waals surface area contributed by atoms with Crippen LogP contribution in [0.3, 0.4) is 0 Å². The van der Waals surface area contributed by atoms with E-state index in [9.17, 15) is 4.79 Å². The molecule has 0 atom stereocenters. The van der Waals surface area contributed by atoms with Gasteiger partial charge in [0, 0.05) is 18.5 Å². The summed E-state index contributed by atoms with van der Waals surface area (Å²) in [7, 11) is 4.17. The van der Waals surface area contributed by atoms with Crippen molar-refractivity contribution in [3.05, 3.63) is 58.6 Å². The summed E-state index contributed by atoms with van der Waals surface area (Å²) >= 11 is 1.47. The summed E-state index contributed by atoms with van der Waals surface area (Å²) in [4.78, 5) is 22.5. The minimum atomic E-state index is -0.271. The third kappa shape index (κ3) is 3.87. The average molecular weight is 449 g/mol. The Morgan fingerprint density at radius 1 is 1.22 bits per heavy atom. The van der Waals surface area contributed by atoms with Gasteiger partial charge in [0.15, 0.2) is 5.13 Å². The number of rotatable bonds is 4. The van der Waals surface area contributed by atoms with Crippen LogP contribution in [-0.4, -0.2) is 48.6 Å². The van der Waals surface area contributed by atoms with Crippen LogP contribution in [0.2, 0.25) is 0 Å². The number of anilines is 2. The van der Waals surface area contributed by atoms with E-state index >= 15 is 0 Å². The number of carbonyl (C=O) groups excluding carboxylic acids is 1. The standard InChI is InChI=1S/C25H28N4O2S/c1-25(2)14-19-22(23(30)27-25)32-24(26-19)29-11-12-31-21-13-16(9-10-20(21)29)18-8-6-5-7-17(18)15-28(3)4/h5-10,13H,11-12,14-15H2,1-4H3,(H,27,30). The summed E-state index contributed by atoms with van der Waals surface area (Å²) < 4.78 is 6.06. The number of ether oxygens (including phenoxy) is 1. The Hall–Kier alpha value is -2.90.